The Bertz CT molecular complexity index is 1040. The fraction of sp³-hybridized carbons (Fsp3) is 0.111. The van der Waals surface area contributed by atoms with Crippen LogP contribution in [0.25, 0.3) is 11.8 Å². The predicted molar refractivity (Wildman–Crippen MR) is 115 cm³/mol. The van der Waals surface area contributed by atoms with Crippen LogP contribution in [-0.4, -0.2) is 51.6 Å². The third-order valence-corrected chi connectivity index (χ3v) is 4.58. The molecule has 31 heavy (non-hydrogen) atoms. The zero-order chi connectivity index (χ0) is 22.8. The summed E-state index contributed by atoms with van der Waals surface area (Å²) in [5, 5.41) is 16.4. The van der Waals surface area contributed by atoms with E-state index in [1.54, 1.807) is 18.2 Å². The molecule has 0 radical (unpaired) electrons. The summed E-state index contributed by atoms with van der Waals surface area (Å²) in [5.41, 5.74) is 6.54. The van der Waals surface area contributed by atoms with Gasteiger partial charge in [-0.15, -0.1) is 5.10 Å². The highest BCUT2D eigenvalue weighted by Crippen LogP contribution is 2.22. The Kier molecular flexibility index (Phi) is 8.78. The van der Waals surface area contributed by atoms with E-state index in [-0.39, 0.29) is 16.5 Å². The lowest BCUT2D eigenvalue weighted by atomic mass is 10.1. The lowest BCUT2D eigenvalue weighted by Gasteiger charge is -2.09. The number of nitrogens with two attached hydrogens (primary N) is 1. The van der Waals surface area contributed by atoms with Gasteiger partial charge in [-0.2, -0.15) is 4.68 Å². The molecule has 0 saturated heterocycles. The van der Waals surface area contributed by atoms with E-state index in [9.17, 15) is 14.4 Å². The summed E-state index contributed by atoms with van der Waals surface area (Å²) in [6.07, 6.45) is 5.20. The van der Waals surface area contributed by atoms with Gasteiger partial charge < -0.3 is 21.1 Å². The summed E-state index contributed by atoms with van der Waals surface area (Å²) >= 11 is 6.85. The molecule has 2 rings (SSSR count). The Morgan fingerprint density at radius 3 is 2.81 bits per heavy atom. The van der Waals surface area contributed by atoms with Crippen LogP contribution in [0.3, 0.4) is 0 Å². The van der Waals surface area contributed by atoms with Crippen molar-refractivity contribution in [1.82, 2.24) is 30.8 Å². The number of hydrogen-bond donors (Lipinski definition) is 3. The van der Waals surface area contributed by atoms with Crippen molar-refractivity contribution in [2.45, 2.75) is 0 Å². The molecule has 2 aromatic rings. The fourth-order valence-electron chi connectivity index (χ4n) is 2.13. The molecule has 0 fully saturated rings. The van der Waals surface area contributed by atoms with E-state index in [1.165, 1.54) is 30.3 Å². The summed E-state index contributed by atoms with van der Waals surface area (Å²) in [6.45, 7) is 3.29. The van der Waals surface area contributed by atoms with Gasteiger partial charge in [0.2, 0.25) is 11.8 Å². The Morgan fingerprint density at radius 1 is 1.39 bits per heavy atom. The van der Waals surface area contributed by atoms with Crippen LogP contribution in [0, 0.1) is 0 Å². The van der Waals surface area contributed by atoms with Crippen LogP contribution >= 0.6 is 23.4 Å². The highest BCUT2D eigenvalue weighted by molar-refractivity contribution is 8.07. The van der Waals surface area contributed by atoms with Gasteiger partial charge in [0.15, 0.2) is 0 Å². The monoisotopic (exact) mass is 463 g/mol. The van der Waals surface area contributed by atoms with Gasteiger partial charge in [0, 0.05) is 22.9 Å². The molecule has 2 amide bonds. The van der Waals surface area contributed by atoms with Crippen molar-refractivity contribution in [2.24, 2.45) is 5.73 Å². The van der Waals surface area contributed by atoms with Crippen LogP contribution < -0.4 is 16.4 Å². The number of nitrogens with zero attached hydrogens (tertiary/aromatic N) is 4. The van der Waals surface area contributed by atoms with Gasteiger partial charge in [-0.05, 0) is 34.7 Å². The minimum atomic E-state index is -0.664. The zero-order valence-electron chi connectivity index (χ0n) is 16.2. The number of rotatable bonds is 9. The summed E-state index contributed by atoms with van der Waals surface area (Å²) in [5.74, 6) is -1.73. The van der Waals surface area contributed by atoms with E-state index in [4.69, 9.17) is 17.3 Å². The molecule has 0 bridgehead atoms. The maximum Gasteiger partial charge on any atom is 0.346 e. The summed E-state index contributed by atoms with van der Waals surface area (Å²) in [7, 11) is 1.20. The number of methoxy groups -OCH3 is 1. The van der Waals surface area contributed by atoms with Gasteiger partial charge in [0.25, 0.3) is 0 Å². The number of thioether (sulfide) groups is 1. The summed E-state index contributed by atoms with van der Waals surface area (Å²) in [6, 6.07) is 5.00. The van der Waals surface area contributed by atoms with Crippen LogP contribution in [0.15, 0.2) is 53.3 Å². The number of carbonyl (C=O) groups is 3. The summed E-state index contributed by atoms with van der Waals surface area (Å²) < 4.78 is 5.96. The molecule has 1 aromatic carbocycles. The number of amides is 2. The lowest BCUT2D eigenvalue weighted by molar-refractivity contribution is -0.135. The second-order valence-electron chi connectivity index (χ2n) is 5.60. The quantitative estimate of drug-likeness (QED) is 0.360. The maximum atomic E-state index is 12.1. The third-order valence-electron chi connectivity index (χ3n) is 3.47. The van der Waals surface area contributed by atoms with Crippen LogP contribution in [0.5, 0.6) is 0 Å². The van der Waals surface area contributed by atoms with Crippen molar-refractivity contribution >= 4 is 47.2 Å². The highest BCUT2D eigenvalue weighted by Gasteiger charge is 2.13. The Labute approximate surface area is 186 Å². The average molecular weight is 464 g/mol. The van der Waals surface area contributed by atoms with E-state index in [2.05, 4.69) is 37.5 Å². The average Bonchev–Trinajstić information content (AvgIpc) is 3.28. The molecular weight excluding hydrogens is 446 g/mol. The largest absolute Gasteiger partial charge is 0.465 e. The van der Waals surface area contributed by atoms with Crippen molar-refractivity contribution in [3.63, 3.8) is 0 Å². The SMILES string of the molecule is C=C(NC(=O)CNC(=O)/C=C/c1cc(Cl)ccc1-n1cnnn1)S/C(=C\N)C(=O)OC. The molecule has 0 aliphatic heterocycles. The Balaban J connectivity index is 1.90. The molecule has 1 heterocycles. The molecule has 1 aromatic heterocycles. The minimum Gasteiger partial charge on any atom is -0.465 e. The molecular formula is C18H18ClN7O4S. The first-order valence-electron chi connectivity index (χ1n) is 8.49. The number of aromatic nitrogens is 4. The van der Waals surface area contributed by atoms with Gasteiger partial charge in [-0.1, -0.05) is 29.9 Å². The molecule has 11 nitrogen and oxygen atoms in total. The first-order chi connectivity index (χ1) is 14.8. The second-order valence-corrected chi connectivity index (χ2v) is 7.18. The molecule has 4 N–H and O–H groups in total. The second kappa shape index (κ2) is 11.5. The number of hydrogen-bond acceptors (Lipinski definition) is 9. The number of ether oxygens (including phenoxy) is 1. The van der Waals surface area contributed by atoms with E-state index < -0.39 is 17.8 Å². The Morgan fingerprint density at radius 2 is 2.16 bits per heavy atom. The van der Waals surface area contributed by atoms with Crippen LogP contribution in [0.2, 0.25) is 5.02 Å². The Hall–Kier alpha value is -3.64. The number of benzene rings is 1. The van der Waals surface area contributed by atoms with Crippen LogP contribution in [-0.2, 0) is 19.1 Å². The van der Waals surface area contributed by atoms with Gasteiger partial charge in [-0.3, -0.25) is 9.59 Å². The molecule has 0 aliphatic carbocycles. The van der Waals surface area contributed by atoms with E-state index in [0.29, 0.717) is 16.3 Å². The number of nitrogens with one attached hydrogen (secondary N) is 2. The topological polar surface area (TPSA) is 154 Å². The standard InChI is InChI=1S/C18H18ClN7O4S/c1-11(31-15(8-20)18(29)30-2)23-17(28)9-21-16(27)6-3-12-7-13(19)4-5-14(12)26-10-22-24-25-26/h3-8,10H,1,9,20H2,2H3,(H,21,27)(H,23,28)/b6-3+,15-8-. The van der Waals surface area contributed by atoms with Crippen LogP contribution in [0.1, 0.15) is 5.56 Å². The number of esters is 1. The molecule has 0 saturated carbocycles. The maximum absolute atomic E-state index is 12.1. The molecule has 162 valence electrons. The molecule has 0 unspecified atom stereocenters. The predicted octanol–water partition coefficient (Wildman–Crippen LogP) is 0.739. The van der Waals surface area contributed by atoms with Crippen molar-refractivity contribution < 1.29 is 19.1 Å². The van der Waals surface area contributed by atoms with E-state index in [0.717, 1.165) is 18.0 Å². The molecule has 0 spiro atoms. The smallest absolute Gasteiger partial charge is 0.346 e. The number of carbonyl (C=O) groups excluding carboxylic acids is 3. The van der Waals surface area contributed by atoms with Gasteiger partial charge >= 0.3 is 5.97 Å². The minimum absolute atomic E-state index is 0.0553. The van der Waals surface area contributed by atoms with Crippen molar-refractivity contribution in [3.8, 4) is 5.69 Å². The number of tetrazole rings is 1. The van der Waals surface area contributed by atoms with Gasteiger partial charge in [0.1, 0.15) is 11.2 Å². The van der Waals surface area contributed by atoms with Crippen molar-refractivity contribution in [3.05, 3.63) is 63.9 Å². The highest BCUT2D eigenvalue weighted by atomic mass is 35.5. The molecule has 0 aliphatic rings. The van der Waals surface area contributed by atoms with Crippen molar-refractivity contribution in [2.75, 3.05) is 13.7 Å². The van der Waals surface area contributed by atoms with Crippen molar-refractivity contribution in [1.29, 1.82) is 0 Å². The van der Waals surface area contributed by atoms with E-state index in [1.807, 2.05) is 0 Å². The summed E-state index contributed by atoms with van der Waals surface area (Å²) in [4.78, 5) is 35.5. The molecule has 13 heteroatoms. The first-order valence-corrected chi connectivity index (χ1v) is 9.69. The van der Waals surface area contributed by atoms with Gasteiger partial charge in [-0.25, -0.2) is 4.79 Å². The fourth-order valence-corrected chi connectivity index (χ4v) is 2.98. The lowest BCUT2D eigenvalue weighted by Crippen LogP contribution is -2.35. The van der Waals surface area contributed by atoms with Gasteiger partial charge in [0.05, 0.1) is 24.4 Å². The first kappa shape index (κ1) is 23.6. The zero-order valence-corrected chi connectivity index (χ0v) is 17.8. The normalized spacial score (nSPS) is 11.2. The number of halogens is 1. The van der Waals surface area contributed by atoms with Crippen LogP contribution in [0.4, 0.5) is 0 Å². The molecule has 0 atom stereocenters. The third kappa shape index (κ3) is 7.28. The van der Waals surface area contributed by atoms with E-state index >= 15 is 0 Å².